The first-order valence-electron chi connectivity index (χ1n) is 9.24. The summed E-state index contributed by atoms with van der Waals surface area (Å²) in [5, 5.41) is 3.20. The van der Waals surface area contributed by atoms with E-state index in [1.807, 2.05) is 0 Å². The lowest BCUT2D eigenvalue weighted by atomic mass is 9.91. The van der Waals surface area contributed by atoms with Gasteiger partial charge in [-0.05, 0) is 36.8 Å². The maximum atomic E-state index is 13.4. The number of fused-ring (bicyclic) bond motifs is 1. The fourth-order valence-electron chi connectivity index (χ4n) is 4.16. The van der Waals surface area contributed by atoms with Gasteiger partial charge in [-0.25, -0.2) is 13.8 Å². The second-order valence-electron chi connectivity index (χ2n) is 7.13. The van der Waals surface area contributed by atoms with Gasteiger partial charge in [-0.2, -0.15) is 0 Å². The second-order valence-corrected chi connectivity index (χ2v) is 7.13. The van der Waals surface area contributed by atoms with Crippen LogP contribution in [0.5, 0.6) is 0 Å². The number of likely N-dealkylation sites (tertiary alicyclic amines) is 1. The van der Waals surface area contributed by atoms with Crippen LogP contribution in [0, 0.1) is 11.6 Å². The molecular weight excluding hydrogens is 350 g/mol. The van der Waals surface area contributed by atoms with E-state index in [9.17, 15) is 13.6 Å². The zero-order valence-electron chi connectivity index (χ0n) is 15.2. The number of halogens is 2. The van der Waals surface area contributed by atoms with Crippen molar-refractivity contribution in [2.75, 3.05) is 24.5 Å². The first-order chi connectivity index (χ1) is 13.0. The highest BCUT2D eigenvalue weighted by Gasteiger charge is 2.45. The molecule has 2 aliphatic rings. The van der Waals surface area contributed by atoms with Crippen molar-refractivity contribution in [2.24, 2.45) is 0 Å². The lowest BCUT2D eigenvalue weighted by molar-refractivity contribution is 0.0762. The molecule has 0 bridgehead atoms. The molecule has 5 nitrogen and oxygen atoms in total. The zero-order chi connectivity index (χ0) is 19.0. The number of nitrogens with zero attached hydrogens (tertiary/aromatic N) is 3. The highest BCUT2D eigenvalue weighted by Crippen LogP contribution is 2.36. The largest absolute Gasteiger partial charge is 0.333 e. The number of aromatic nitrogens is 1. The molecule has 0 radical (unpaired) electrons. The summed E-state index contributed by atoms with van der Waals surface area (Å²) in [6.07, 6.45) is 3.20. The quantitative estimate of drug-likeness (QED) is 0.900. The molecular formula is C20H22F2N4O. The van der Waals surface area contributed by atoms with Crippen LogP contribution in [0.25, 0.3) is 0 Å². The number of pyridine rings is 1. The van der Waals surface area contributed by atoms with Crippen LogP contribution >= 0.6 is 0 Å². The monoisotopic (exact) mass is 372 g/mol. The third-order valence-corrected chi connectivity index (χ3v) is 5.54. The number of carbonyl (C=O) groups excluding carboxylic acids is 1. The van der Waals surface area contributed by atoms with Gasteiger partial charge in [0.15, 0.2) is 11.6 Å². The Morgan fingerprint density at radius 3 is 2.67 bits per heavy atom. The van der Waals surface area contributed by atoms with E-state index in [0.717, 1.165) is 43.9 Å². The Labute approximate surface area is 157 Å². The van der Waals surface area contributed by atoms with Gasteiger partial charge in [-0.1, -0.05) is 6.07 Å². The van der Waals surface area contributed by atoms with Crippen molar-refractivity contribution in [1.82, 2.24) is 15.2 Å². The van der Waals surface area contributed by atoms with Crippen molar-refractivity contribution in [3.05, 3.63) is 59.3 Å². The van der Waals surface area contributed by atoms with E-state index in [4.69, 9.17) is 0 Å². The van der Waals surface area contributed by atoms with E-state index in [-0.39, 0.29) is 5.91 Å². The van der Waals surface area contributed by atoms with Gasteiger partial charge >= 0.3 is 0 Å². The third kappa shape index (κ3) is 3.16. The van der Waals surface area contributed by atoms with Crippen LogP contribution in [0.4, 0.5) is 14.6 Å². The predicted octanol–water partition coefficient (Wildman–Crippen LogP) is 2.92. The van der Waals surface area contributed by atoms with Crippen molar-refractivity contribution in [1.29, 1.82) is 0 Å². The Bertz CT molecular complexity index is 865. The Morgan fingerprint density at radius 2 is 1.96 bits per heavy atom. The van der Waals surface area contributed by atoms with E-state index in [0.29, 0.717) is 12.1 Å². The summed E-state index contributed by atoms with van der Waals surface area (Å²) in [5.41, 5.74) is 0.906. The number of hydrogen-bond donors (Lipinski definition) is 1. The molecule has 142 valence electrons. The summed E-state index contributed by atoms with van der Waals surface area (Å²) >= 11 is 0. The van der Waals surface area contributed by atoms with Crippen molar-refractivity contribution in [3.63, 3.8) is 0 Å². The highest BCUT2D eigenvalue weighted by atomic mass is 19.2. The van der Waals surface area contributed by atoms with Crippen LogP contribution in [0.15, 0.2) is 36.5 Å². The zero-order valence-corrected chi connectivity index (χ0v) is 15.2. The minimum atomic E-state index is -0.828. The molecule has 2 aromatic rings. The van der Waals surface area contributed by atoms with E-state index < -0.39 is 17.3 Å². The number of rotatable bonds is 3. The number of amides is 1. The van der Waals surface area contributed by atoms with Crippen molar-refractivity contribution in [3.8, 4) is 0 Å². The molecule has 4 rings (SSSR count). The van der Waals surface area contributed by atoms with Gasteiger partial charge in [0, 0.05) is 45.2 Å². The number of anilines is 1. The molecule has 0 atom stereocenters. The predicted molar refractivity (Wildman–Crippen MR) is 98.3 cm³/mol. The molecule has 3 heterocycles. The summed E-state index contributed by atoms with van der Waals surface area (Å²) in [4.78, 5) is 21.4. The molecule has 1 saturated heterocycles. The summed E-state index contributed by atoms with van der Waals surface area (Å²) in [6.45, 7) is 4.86. The smallest absolute Gasteiger partial charge is 0.256 e. The number of piperidine rings is 1. The number of hydrogen-bond acceptors (Lipinski definition) is 4. The van der Waals surface area contributed by atoms with Gasteiger partial charge in [0.1, 0.15) is 11.5 Å². The van der Waals surface area contributed by atoms with Gasteiger partial charge in [-0.3, -0.25) is 9.69 Å². The van der Waals surface area contributed by atoms with Crippen molar-refractivity contribution in [2.45, 2.75) is 32.0 Å². The first-order valence-corrected chi connectivity index (χ1v) is 9.24. The Hall–Kier alpha value is -2.54. The van der Waals surface area contributed by atoms with Gasteiger partial charge < -0.3 is 10.2 Å². The molecule has 0 saturated carbocycles. The summed E-state index contributed by atoms with van der Waals surface area (Å²) in [7, 11) is 0. The molecule has 1 aromatic heterocycles. The summed E-state index contributed by atoms with van der Waals surface area (Å²) < 4.78 is 26.6. The molecule has 1 fully saturated rings. The molecule has 1 N–H and O–H groups in total. The topological polar surface area (TPSA) is 48.5 Å². The van der Waals surface area contributed by atoms with Crippen LogP contribution < -0.4 is 10.2 Å². The number of nitrogens with one attached hydrogen (secondary N) is 1. The molecule has 1 spiro atoms. The average molecular weight is 372 g/mol. The minimum Gasteiger partial charge on any atom is -0.333 e. The third-order valence-electron chi connectivity index (χ3n) is 5.54. The van der Waals surface area contributed by atoms with Crippen LogP contribution in [0.1, 0.15) is 35.7 Å². The fourth-order valence-corrected chi connectivity index (χ4v) is 4.16. The SMILES string of the molecule is CCN1c2ncccc2C(=O)NC12CCN(Cc1ccc(F)c(F)c1)CC2. The summed E-state index contributed by atoms with van der Waals surface area (Å²) in [6, 6.07) is 7.60. The second kappa shape index (κ2) is 6.88. The standard InChI is InChI=1S/C20H22F2N4O/c1-2-26-18-15(4-3-9-23-18)19(27)24-20(26)7-10-25(11-8-20)13-14-5-6-16(21)17(22)12-14/h3-6,9,12H,2,7-8,10-11,13H2,1H3,(H,24,27). The van der Waals surface area contributed by atoms with Crippen LogP contribution in [-0.2, 0) is 6.54 Å². The van der Waals surface area contributed by atoms with Crippen molar-refractivity contribution >= 4 is 11.7 Å². The fraction of sp³-hybridized carbons (Fsp3) is 0.400. The molecule has 1 amide bonds. The maximum Gasteiger partial charge on any atom is 0.256 e. The number of carbonyl (C=O) groups is 1. The highest BCUT2D eigenvalue weighted by molar-refractivity contribution is 6.01. The molecule has 1 aromatic carbocycles. The molecule has 7 heteroatoms. The van der Waals surface area contributed by atoms with Gasteiger partial charge in [-0.15, -0.1) is 0 Å². The maximum absolute atomic E-state index is 13.4. The molecule has 2 aliphatic heterocycles. The normalized spacial score (nSPS) is 19.1. The lowest BCUT2D eigenvalue weighted by Crippen LogP contribution is -2.67. The lowest BCUT2D eigenvalue weighted by Gasteiger charge is -2.52. The molecule has 0 aliphatic carbocycles. The van der Waals surface area contributed by atoms with Crippen molar-refractivity contribution < 1.29 is 13.6 Å². The minimum absolute atomic E-state index is 0.0862. The van der Waals surface area contributed by atoms with E-state index >= 15 is 0 Å². The Balaban J connectivity index is 1.50. The first kappa shape index (κ1) is 17.9. The van der Waals surface area contributed by atoms with Crippen LogP contribution in [0.3, 0.4) is 0 Å². The van der Waals surface area contributed by atoms with Gasteiger partial charge in [0.25, 0.3) is 5.91 Å². The van der Waals surface area contributed by atoms with Gasteiger partial charge in [0.2, 0.25) is 0 Å². The van der Waals surface area contributed by atoms with E-state index in [1.54, 1.807) is 24.4 Å². The van der Waals surface area contributed by atoms with E-state index in [2.05, 4.69) is 27.0 Å². The van der Waals surface area contributed by atoms with Gasteiger partial charge in [0.05, 0.1) is 5.56 Å². The Morgan fingerprint density at radius 1 is 1.19 bits per heavy atom. The molecule has 0 unspecified atom stereocenters. The number of benzene rings is 1. The van der Waals surface area contributed by atoms with E-state index in [1.165, 1.54) is 12.1 Å². The van der Waals surface area contributed by atoms with Crippen LogP contribution in [-0.4, -0.2) is 41.1 Å². The van der Waals surface area contributed by atoms with Crippen LogP contribution in [0.2, 0.25) is 0 Å². The Kier molecular flexibility index (Phi) is 4.55. The summed E-state index contributed by atoms with van der Waals surface area (Å²) in [5.74, 6) is -0.999. The average Bonchev–Trinajstić information content (AvgIpc) is 2.67. The molecule has 27 heavy (non-hydrogen) atoms.